The molecule has 0 aliphatic heterocycles. The predicted octanol–water partition coefficient (Wildman–Crippen LogP) is 3.14. The molecule has 0 fully saturated rings. The standard InChI is InChI=1S/C14H9ClFNO4/c15-8-2-1-3-9(16)12(8)13(19)17-10-6-7(14(20)21)4-5-11(10)18/h1-6,18H,(H,17,19)(H,20,21). The van der Waals surface area contributed by atoms with E-state index in [1.54, 1.807) is 0 Å². The average Bonchev–Trinajstić information content (AvgIpc) is 2.40. The third-order valence-electron chi connectivity index (χ3n) is 2.68. The van der Waals surface area contributed by atoms with Gasteiger partial charge in [-0.1, -0.05) is 17.7 Å². The number of nitrogens with one attached hydrogen (secondary N) is 1. The third-order valence-corrected chi connectivity index (χ3v) is 3.00. The van der Waals surface area contributed by atoms with E-state index in [1.807, 2.05) is 0 Å². The third kappa shape index (κ3) is 3.11. The fourth-order valence-corrected chi connectivity index (χ4v) is 1.92. The monoisotopic (exact) mass is 309 g/mol. The highest BCUT2D eigenvalue weighted by atomic mass is 35.5. The van der Waals surface area contributed by atoms with Crippen LogP contribution in [-0.4, -0.2) is 22.1 Å². The van der Waals surface area contributed by atoms with E-state index >= 15 is 0 Å². The van der Waals surface area contributed by atoms with Crippen LogP contribution >= 0.6 is 11.6 Å². The van der Waals surface area contributed by atoms with Crippen molar-refractivity contribution in [2.75, 3.05) is 5.32 Å². The van der Waals surface area contributed by atoms with Crippen LogP contribution in [0.15, 0.2) is 36.4 Å². The van der Waals surface area contributed by atoms with E-state index in [4.69, 9.17) is 16.7 Å². The van der Waals surface area contributed by atoms with Crippen LogP contribution in [0.25, 0.3) is 0 Å². The van der Waals surface area contributed by atoms with Gasteiger partial charge >= 0.3 is 5.97 Å². The highest BCUT2D eigenvalue weighted by Crippen LogP contribution is 2.26. The first-order valence-electron chi connectivity index (χ1n) is 5.72. The number of aromatic hydroxyl groups is 1. The van der Waals surface area contributed by atoms with Gasteiger partial charge in [0, 0.05) is 0 Å². The molecule has 0 heterocycles. The van der Waals surface area contributed by atoms with Crippen molar-refractivity contribution >= 4 is 29.2 Å². The van der Waals surface area contributed by atoms with Gasteiger partial charge in [0.15, 0.2) is 0 Å². The maximum atomic E-state index is 13.6. The number of carbonyl (C=O) groups excluding carboxylic acids is 1. The molecule has 3 N–H and O–H groups in total. The zero-order valence-electron chi connectivity index (χ0n) is 10.4. The van der Waals surface area contributed by atoms with E-state index in [-0.39, 0.29) is 27.6 Å². The number of anilines is 1. The van der Waals surface area contributed by atoms with Crippen molar-refractivity contribution in [2.24, 2.45) is 0 Å². The Kier molecular flexibility index (Phi) is 4.09. The van der Waals surface area contributed by atoms with Crippen LogP contribution in [0.4, 0.5) is 10.1 Å². The quantitative estimate of drug-likeness (QED) is 0.760. The molecular formula is C14H9ClFNO4. The Morgan fingerprint density at radius 1 is 1.19 bits per heavy atom. The zero-order chi connectivity index (χ0) is 15.6. The Bertz CT molecular complexity index is 713. The van der Waals surface area contributed by atoms with Gasteiger partial charge in [0.2, 0.25) is 0 Å². The minimum atomic E-state index is -1.23. The van der Waals surface area contributed by atoms with Crippen LogP contribution in [0.5, 0.6) is 5.75 Å². The number of halogens is 2. The number of benzene rings is 2. The summed E-state index contributed by atoms with van der Waals surface area (Å²) < 4.78 is 13.6. The topological polar surface area (TPSA) is 86.6 Å². The van der Waals surface area contributed by atoms with Crippen molar-refractivity contribution in [1.82, 2.24) is 0 Å². The fourth-order valence-electron chi connectivity index (χ4n) is 1.67. The molecule has 2 aromatic carbocycles. The van der Waals surface area contributed by atoms with Gasteiger partial charge in [-0.25, -0.2) is 9.18 Å². The van der Waals surface area contributed by atoms with Gasteiger partial charge < -0.3 is 15.5 Å². The highest BCUT2D eigenvalue weighted by molar-refractivity contribution is 6.34. The van der Waals surface area contributed by atoms with E-state index in [1.165, 1.54) is 18.2 Å². The van der Waals surface area contributed by atoms with Gasteiger partial charge in [-0.3, -0.25) is 4.79 Å². The first kappa shape index (κ1) is 14.8. The van der Waals surface area contributed by atoms with Crippen molar-refractivity contribution in [3.63, 3.8) is 0 Å². The molecule has 0 spiro atoms. The second-order valence-corrected chi connectivity index (χ2v) is 4.50. The molecule has 0 saturated carbocycles. The maximum Gasteiger partial charge on any atom is 0.335 e. The van der Waals surface area contributed by atoms with Gasteiger partial charge in [0.05, 0.1) is 21.8 Å². The van der Waals surface area contributed by atoms with Crippen molar-refractivity contribution < 1.29 is 24.2 Å². The summed E-state index contributed by atoms with van der Waals surface area (Å²) in [4.78, 5) is 22.8. The molecule has 0 radical (unpaired) electrons. The zero-order valence-corrected chi connectivity index (χ0v) is 11.2. The largest absolute Gasteiger partial charge is 0.506 e. The number of carbonyl (C=O) groups is 2. The summed E-state index contributed by atoms with van der Waals surface area (Å²) in [6, 6.07) is 7.09. The summed E-state index contributed by atoms with van der Waals surface area (Å²) in [6.07, 6.45) is 0. The van der Waals surface area contributed by atoms with Crippen LogP contribution in [0.1, 0.15) is 20.7 Å². The molecule has 21 heavy (non-hydrogen) atoms. The Balaban J connectivity index is 2.36. The molecule has 1 amide bonds. The molecular weight excluding hydrogens is 301 g/mol. The van der Waals surface area contributed by atoms with Gasteiger partial charge in [0.1, 0.15) is 11.6 Å². The molecule has 2 aromatic rings. The lowest BCUT2D eigenvalue weighted by Crippen LogP contribution is -2.15. The number of hydrogen-bond acceptors (Lipinski definition) is 3. The molecule has 108 valence electrons. The second-order valence-electron chi connectivity index (χ2n) is 4.09. The Morgan fingerprint density at radius 2 is 1.90 bits per heavy atom. The van der Waals surface area contributed by atoms with Gasteiger partial charge in [-0.2, -0.15) is 0 Å². The fraction of sp³-hybridized carbons (Fsp3) is 0. The first-order valence-corrected chi connectivity index (χ1v) is 6.09. The lowest BCUT2D eigenvalue weighted by Gasteiger charge is -2.10. The van der Waals surface area contributed by atoms with E-state index < -0.39 is 17.7 Å². The van der Waals surface area contributed by atoms with Crippen molar-refractivity contribution in [1.29, 1.82) is 0 Å². The van der Waals surface area contributed by atoms with E-state index in [0.717, 1.165) is 18.2 Å². The average molecular weight is 310 g/mol. The van der Waals surface area contributed by atoms with Crippen LogP contribution in [0, 0.1) is 5.82 Å². The Morgan fingerprint density at radius 3 is 2.52 bits per heavy atom. The SMILES string of the molecule is O=C(O)c1ccc(O)c(NC(=O)c2c(F)cccc2Cl)c1. The van der Waals surface area contributed by atoms with E-state index in [9.17, 15) is 19.1 Å². The summed E-state index contributed by atoms with van der Waals surface area (Å²) in [6.45, 7) is 0. The Hall–Kier alpha value is -2.60. The molecule has 0 bridgehead atoms. The minimum Gasteiger partial charge on any atom is -0.506 e. The molecule has 0 saturated heterocycles. The predicted molar refractivity (Wildman–Crippen MR) is 74.4 cm³/mol. The summed E-state index contributed by atoms with van der Waals surface area (Å²) in [5.74, 6) is -3.29. The number of amides is 1. The molecule has 7 heteroatoms. The highest BCUT2D eigenvalue weighted by Gasteiger charge is 2.18. The lowest BCUT2D eigenvalue weighted by atomic mass is 10.1. The number of rotatable bonds is 3. The summed E-state index contributed by atoms with van der Waals surface area (Å²) in [5, 5.41) is 20.6. The molecule has 0 aliphatic rings. The van der Waals surface area contributed by atoms with Crippen LogP contribution in [0.3, 0.4) is 0 Å². The summed E-state index contributed by atoms with van der Waals surface area (Å²) >= 11 is 5.75. The Labute approximate surface area is 123 Å². The van der Waals surface area contributed by atoms with Crippen molar-refractivity contribution in [2.45, 2.75) is 0 Å². The number of phenols is 1. The first-order chi connectivity index (χ1) is 9.90. The summed E-state index contributed by atoms with van der Waals surface area (Å²) in [7, 11) is 0. The number of hydrogen-bond donors (Lipinski definition) is 3. The molecule has 0 aliphatic carbocycles. The van der Waals surface area contributed by atoms with Gasteiger partial charge in [0.25, 0.3) is 5.91 Å². The van der Waals surface area contributed by atoms with Crippen LogP contribution < -0.4 is 5.32 Å². The van der Waals surface area contributed by atoms with Gasteiger partial charge in [-0.05, 0) is 30.3 Å². The van der Waals surface area contributed by atoms with E-state index in [0.29, 0.717) is 0 Å². The lowest BCUT2D eigenvalue weighted by molar-refractivity contribution is 0.0696. The number of carboxylic acids is 1. The smallest absolute Gasteiger partial charge is 0.335 e. The molecule has 2 rings (SSSR count). The van der Waals surface area contributed by atoms with Gasteiger partial charge in [-0.15, -0.1) is 0 Å². The van der Waals surface area contributed by atoms with Crippen molar-refractivity contribution in [3.05, 3.63) is 58.4 Å². The summed E-state index contributed by atoms with van der Waals surface area (Å²) in [5.41, 5.74) is -0.679. The van der Waals surface area contributed by atoms with Crippen LogP contribution in [0.2, 0.25) is 5.02 Å². The normalized spacial score (nSPS) is 10.2. The molecule has 5 nitrogen and oxygen atoms in total. The van der Waals surface area contributed by atoms with Crippen LogP contribution in [-0.2, 0) is 0 Å². The molecule has 0 aromatic heterocycles. The second kappa shape index (κ2) is 5.80. The van der Waals surface area contributed by atoms with Crippen molar-refractivity contribution in [3.8, 4) is 5.75 Å². The van der Waals surface area contributed by atoms with E-state index in [2.05, 4.69) is 5.32 Å². The molecule has 0 unspecified atom stereocenters. The number of aromatic carboxylic acids is 1. The number of carboxylic acid groups (broad SMARTS) is 1. The minimum absolute atomic E-state index is 0.0959. The molecule has 0 atom stereocenters. The maximum absolute atomic E-state index is 13.6. The number of phenolic OH excluding ortho intramolecular Hbond substituents is 1.